The summed E-state index contributed by atoms with van der Waals surface area (Å²) in [5.74, 6) is 0.976. The number of rotatable bonds is 0. The van der Waals surface area contributed by atoms with Gasteiger partial charge in [0.15, 0.2) is 0 Å². The van der Waals surface area contributed by atoms with E-state index in [0.29, 0.717) is 0 Å². The van der Waals surface area contributed by atoms with E-state index in [1.54, 1.807) is 0 Å². The molecule has 1 aromatic heterocycles. The Hall–Kier alpha value is -1.81. The monoisotopic (exact) mass is 255 g/mol. The van der Waals surface area contributed by atoms with Crippen LogP contribution in [0.4, 0.5) is 0 Å². The number of benzene rings is 1. The maximum Gasteiger partial charge on any atom is 0.140 e. The first-order valence-electron chi connectivity index (χ1n) is 6.79. The largest absolute Gasteiger partial charge is 0.482 e. The van der Waals surface area contributed by atoms with Gasteiger partial charge in [-0.05, 0) is 19.2 Å². The van der Waals surface area contributed by atoms with Crippen molar-refractivity contribution in [2.24, 2.45) is 0 Å². The van der Waals surface area contributed by atoms with Gasteiger partial charge >= 0.3 is 0 Å². The molecule has 19 heavy (non-hydrogen) atoms. The zero-order valence-corrected chi connectivity index (χ0v) is 11.0. The number of piperidine rings is 1. The van der Waals surface area contributed by atoms with Gasteiger partial charge in [0.25, 0.3) is 0 Å². The number of aromatic nitrogens is 2. The molecule has 1 saturated heterocycles. The van der Waals surface area contributed by atoms with Crippen molar-refractivity contribution in [2.75, 3.05) is 20.1 Å². The standard InChI is InChI=1S/C15H17N3O/c1-18-8-6-15(7-9-18)12-10-16-17-14(12)11-4-2-3-5-13(11)19-15/h2-5,10H,6-9H2,1H3,(H,16,17). The molecule has 0 unspecified atom stereocenters. The van der Waals surface area contributed by atoms with Gasteiger partial charge in [-0.3, -0.25) is 5.10 Å². The van der Waals surface area contributed by atoms with E-state index >= 15 is 0 Å². The fourth-order valence-corrected chi connectivity index (χ4v) is 3.22. The lowest BCUT2D eigenvalue weighted by Gasteiger charge is -2.43. The molecule has 98 valence electrons. The summed E-state index contributed by atoms with van der Waals surface area (Å²) < 4.78 is 6.41. The molecule has 0 atom stereocenters. The number of nitrogens with zero attached hydrogens (tertiary/aromatic N) is 2. The highest BCUT2D eigenvalue weighted by Gasteiger charge is 2.43. The summed E-state index contributed by atoms with van der Waals surface area (Å²) in [7, 11) is 2.17. The number of H-pyrrole nitrogens is 1. The van der Waals surface area contributed by atoms with E-state index in [9.17, 15) is 0 Å². The lowest BCUT2D eigenvalue weighted by molar-refractivity contribution is 0.00176. The van der Waals surface area contributed by atoms with Crippen LogP contribution in [0.5, 0.6) is 5.75 Å². The molecule has 2 aliphatic heterocycles. The van der Waals surface area contributed by atoms with Crippen LogP contribution in [-0.2, 0) is 5.60 Å². The van der Waals surface area contributed by atoms with Gasteiger partial charge in [0.1, 0.15) is 11.4 Å². The molecule has 0 amide bonds. The molecule has 0 radical (unpaired) electrons. The Morgan fingerprint density at radius 2 is 2.05 bits per heavy atom. The molecular weight excluding hydrogens is 238 g/mol. The van der Waals surface area contributed by atoms with E-state index < -0.39 is 0 Å². The first-order chi connectivity index (χ1) is 9.28. The molecule has 2 aliphatic rings. The average Bonchev–Trinajstić information content (AvgIpc) is 2.93. The Kier molecular flexibility index (Phi) is 2.23. The van der Waals surface area contributed by atoms with Gasteiger partial charge in [0, 0.05) is 37.1 Å². The Bertz CT molecular complexity index is 611. The normalized spacial score (nSPS) is 20.7. The summed E-state index contributed by atoms with van der Waals surface area (Å²) in [4.78, 5) is 2.36. The molecule has 1 spiro atoms. The maximum atomic E-state index is 6.41. The molecule has 1 aromatic carbocycles. The summed E-state index contributed by atoms with van der Waals surface area (Å²) in [6.07, 6.45) is 3.98. The number of ether oxygens (including phenoxy) is 1. The van der Waals surface area contributed by atoms with Gasteiger partial charge in [-0.1, -0.05) is 12.1 Å². The quantitative estimate of drug-likeness (QED) is 0.786. The van der Waals surface area contributed by atoms with Gasteiger partial charge in [-0.2, -0.15) is 5.10 Å². The molecule has 1 N–H and O–H groups in total. The molecular formula is C15H17N3O. The molecule has 1 fully saturated rings. The van der Waals surface area contributed by atoms with Crippen LogP contribution in [0.3, 0.4) is 0 Å². The predicted molar refractivity (Wildman–Crippen MR) is 73.1 cm³/mol. The number of fused-ring (bicyclic) bond motifs is 4. The molecule has 0 saturated carbocycles. The number of hydrogen-bond donors (Lipinski definition) is 1. The van der Waals surface area contributed by atoms with E-state index in [2.05, 4.69) is 34.3 Å². The number of aromatic amines is 1. The molecule has 4 rings (SSSR count). The van der Waals surface area contributed by atoms with E-state index in [4.69, 9.17) is 4.74 Å². The average molecular weight is 255 g/mol. The highest BCUT2D eigenvalue weighted by atomic mass is 16.5. The van der Waals surface area contributed by atoms with E-state index in [0.717, 1.165) is 42.9 Å². The van der Waals surface area contributed by atoms with Crippen LogP contribution in [0.15, 0.2) is 30.5 Å². The lowest BCUT2D eigenvalue weighted by Crippen LogP contribution is -2.45. The minimum absolute atomic E-state index is 0.191. The van der Waals surface area contributed by atoms with Crippen molar-refractivity contribution in [3.05, 3.63) is 36.0 Å². The third-order valence-corrected chi connectivity index (χ3v) is 4.39. The summed E-state index contributed by atoms with van der Waals surface area (Å²) in [6, 6.07) is 8.22. The van der Waals surface area contributed by atoms with Crippen molar-refractivity contribution in [3.63, 3.8) is 0 Å². The minimum atomic E-state index is -0.191. The number of para-hydroxylation sites is 1. The van der Waals surface area contributed by atoms with Crippen molar-refractivity contribution in [1.82, 2.24) is 15.1 Å². The first kappa shape index (κ1) is 11.1. The second-order valence-electron chi connectivity index (χ2n) is 5.55. The Morgan fingerprint density at radius 3 is 2.89 bits per heavy atom. The zero-order valence-electron chi connectivity index (χ0n) is 11.0. The Balaban J connectivity index is 1.86. The highest BCUT2D eigenvalue weighted by Crippen LogP contribution is 2.48. The number of likely N-dealkylation sites (tertiary alicyclic amines) is 1. The highest BCUT2D eigenvalue weighted by molar-refractivity contribution is 5.73. The third kappa shape index (κ3) is 1.53. The summed E-state index contributed by atoms with van der Waals surface area (Å²) >= 11 is 0. The van der Waals surface area contributed by atoms with Crippen molar-refractivity contribution >= 4 is 0 Å². The van der Waals surface area contributed by atoms with Crippen molar-refractivity contribution in [2.45, 2.75) is 18.4 Å². The Morgan fingerprint density at radius 1 is 1.26 bits per heavy atom. The van der Waals surface area contributed by atoms with Gasteiger partial charge in [0.2, 0.25) is 0 Å². The van der Waals surface area contributed by atoms with Gasteiger partial charge in [-0.25, -0.2) is 0 Å². The SMILES string of the molecule is CN1CCC2(CC1)Oc1ccccc1-c1[nH]ncc12. The number of nitrogens with one attached hydrogen (secondary N) is 1. The predicted octanol–water partition coefficient (Wildman–Crippen LogP) is 2.39. The van der Waals surface area contributed by atoms with Gasteiger partial charge < -0.3 is 9.64 Å². The summed E-state index contributed by atoms with van der Waals surface area (Å²) in [5.41, 5.74) is 3.29. The zero-order chi connectivity index (χ0) is 12.9. The Labute approximate surface area is 112 Å². The molecule has 3 heterocycles. The van der Waals surface area contributed by atoms with Crippen LogP contribution in [0.2, 0.25) is 0 Å². The van der Waals surface area contributed by atoms with Crippen LogP contribution in [0.1, 0.15) is 18.4 Å². The molecule has 2 aromatic rings. The molecule has 4 nitrogen and oxygen atoms in total. The molecule has 0 aliphatic carbocycles. The number of hydrogen-bond acceptors (Lipinski definition) is 3. The fraction of sp³-hybridized carbons (Fsp3) is 0.400. The lowest BCUT2D eigenvalue weighted by atomic mass is 9.81. The van der Waals surface area contributed by atoms with Crippen molar-refractivity contribution < 1.29 is 4.74 Å². The smallest absolute Gasteiger partial charge is 0.140 e. The topological polar surface area (TPSA) is 41.1 Å². The van der Waals surface area contributed by atoms with Gasteiger partial charge in [-0.15, -0.1) is 0 Å². The van der Waals surface area contributed by atoms with Crippen LogP contribution in [-0.4, -0.2) is 35.2 Å². The first-order valence-corrected chi connectivity index (χ1v) is 6.79. The fourth-order valence-electron chi connectivity index (χ4n) is 3.22. The van der Waals surface area contributed by atoms with Crippen LogP contribution in [0, 0.1) is 0 Å². The maximum absolute atomic E-state index is 6.41. The van der Waals surface area contributed by atoms with E-state index in [1.165, 1.54) is 5.56 Å². The van der Waals surface area contributed by atoms with Crippen LogP contribution < -0.4 is 4.74 Å². The summed E-state index contributed by atoms with van der Waals surface area (Å²) in [6.45, 7) is 2.12. The van der Waals surface area contributed by atoms with Crippen molar-refractivity contribution in [1.29, 1.82) is 0 Å². The van der Waals surface area contributed by atoms with Crippen molar-refractivity contribution in [3.8, 4) is 17.0 Å². The second kappa shape index (κ2) is 3.84. The minimum Gasteiger partial charge on any atom is -0.482 e. The van der Waals surface area contributed by atoms with Gasteiger partial charge in [0.05, 0.1) is 11.9 Å². The molecule has 4 heteroatoms. The molecule has 0 bridgehead atoms. The van der Waals surface area contributed by atoms with E-state index in [-0.39, 0.29) is 5.60 Å². The van der Waals surface area contributed by atoms with Crippen LogP contribution >= 0.6 is 0 Å². The van der Waals surface area contributed by atoms with Crippen LogP contribution in [0.25, 0.3) is 11.3 Å². The third-order valence-electron chi connectivity index (χ3n) is 4.39. The summed E-state index contributed by atoms with van der Waals surface area (Å²) in [5, 5.41) is 7.41. The van der Waals surface area contributed by atoms with E-state index in [1.807, 2.05) is 18.3 Å². The second-order valence-corrected chi connectivity index (χ2v) is 5.55.